The van der Waals surface area contributed by atoms with E-state index in [1.165, 1.54) is 18.5 Å². The molecule has 21 heavy (non-hydrogen) atoms. The van der Waals surface area contributed by atoms with E-state index in [0.29, 0.717) is 10.6 Å². The van der Waals surface area contributed by atoms with Crippen LogP contribution in [-0.2, 0) is 0 Å². The van der Waals surface area contributed by atoms with Gasteiger partial charge in [0.25, 0.3) is 5.91 Å². The summed E-state index contributed by atoms with van der Waals surface area (Å²) in [5, 5.41) is 3.52. The summed E-state index contributed by atoms with van der Waals surface area (Å²) in [6.07, 6.45) is 2.50. The maximum Gasteiger partial charge on any atom is 0.255 e. The zero-order chi connectivity index (χ0) is 14.7. The summed E-state index contributed by atoms with van der Waals surface area (Å²) in [7, 11) is 0. The Morgan fingerprint density at radius 2 is 1.57 bits per heavy atom. The minimum atomic E-state index is -0.106. The van der Waals surface area contributed by atoms with Crippen molar-refractivity contribution in [3.63, 3.8) is 0 Å². The summed E-state index contributed by atoms with van der Waals surface area (Å²) in [5.74, 6) is -0.106. The lowest BCUT2D eigenvalue weighted by molar-refractivity contribution is 0.102. The molecule has 1 saturated heterocycles. The summed E-state index contributed by atoms with van der Waals surface area (Å²) < 4.78 is 0. The number of nitrogens with one attached hydrogen (secondary N) is 1. The van der Waals surface area contributed by atoms with Crippen LogP contribution in [0.1, 0.15) is 23.2 Å². The molecule has 1 heterocycles. The molecule has 0 aromatic heterocycles. The van der Waals surface area contributed by atoms with Crippen molar-refractivity contribution in [2.75, 3.05) is 23.3 Å². The number of nitrogens with zero attached hydrogens (tertiary/aromatic N) is 1. The van der Waals surface area contributed by atoms with Gasteiger partial charge in [-0.1, -0.05) is 11.6 Å². The number of carbonyl (C=O) groups excluding carboxylic acids is 1. The van der Waals surface area contributed by atoms with E-state index in [0.717, 1.165) is 18.8 Å². The van der Waals surface area contributed by atoms with Gasteiger partial charge in [0.2, 0.25) is 0 Å². The Morgan fingerprint density at radius 1 is 0.952 bits per heavy atom. The van der Waals surface area contributed by atoms with E-state index < -0.39 is 0 Å². The van der Waals surface area contributed by atoms with Crippen molar-refractivity contribution in [2.24, 2.45) is 0 Å². The Bertz CT molecular complexity index is 616. The molecule has 108 valence electrons. The summed E-state index contributed by atoms with van der Waals surface area (Å²) in [6, 6.07) is 14.9. The van der Waals surface area contributed by atoms with Crippen molar-refractivity contribution in [1.29, 1.82) is 0 Å². The Morgan fingerprint density at radius 3 is 2.19 bits per heavy atom. The average molecular weight is 301 g/mol. The maximum atomic E-state index is 12.2. The molecular formula is C17H17ClN2O. The fourth-order valence-electron chi connectivity index (χ4n) is 2.54. The van der Waals surface area contributed by atoms with Crippen LogP contribution in [0, 0.1) is 0 Å². The van der Waals surface area contributed by atoms with Crippen LogP contribution in [0.15, 0.2) is 48.5 Å². The molecule has 1 N–H and O–H groups in total. The molecule has 0 radical (unpaired) electrons. The van der Waals surface area contributed by atoms with Gasteiger partial charge in [0.05, 0.1) is 0 Å². The highest BCUT2D eigenvalue weighted by Gasteiger charge is 2.13. The third-order valence-electron chi connectivity index (χ3n) is 3.70. The molecule has 4 heteroatoms. The highest BCUT2D eigenvalue weighted by molar-refractivity contribution is 6.30. The van der Waals surface area contributed by atoms with Crippen LogP contribution in [0.2, 0.25) is 5.02 Å². The highest BCUT2D eigenvalue weighted by Crippen LogP contribution is 2.21. The molecule has 1 amide bonds. The summed E-state index contributed by atoms with van der Waals surface area (Å²) in [5.41, 5.74) is 2.59. The summed E-state index contributed by atoms with van der Waals surface area (Å²) >= 11 is 5.83. The van der Waals surface area contributed by atoms with E-state index in [4.69, 9.17) is 11.6 Å². The predicted octanol–water partition coefficient (Wildman–Crippen LogP) is 4.19. The molecule has 2 aromatic rings. The minimum absolute atomic E-state index is 0.106. The van der Waals surface area contributed by atoms with Crippen molar-refractivity contribution in [2.45, 2.75) is 12.8 Å². The zero-order valence-electron chi connectivity index (χ0n) is 11.7. The van der Waals surface area contributed by atoms with Gasteiger partial charge in [-0.25, -0.2) is 0 Å². The smallest absolute Gasteiger partial charge is 0.255 e. The van der Waals surface area contributed by atoms with Crippen LogP contribution >= 0.6 is 11.6 Å². The molecule has 0 bridgehead atoms. The summed E-state index contributed by atoms with van der Waals surface area (Å²) in [4.78, 5) is 14.5. The summed E-state index contributed by atoms with van der Waals surface area (Å²) in [6.45, 7) is 2.21. The Kier molecular flexibility index (Phi) is 4.11. The molecule has 2 aromatic carbocycles. The first kappa shape index (κ1) is 14.0. The standard InChI is InChI=1S/C17H17ClN2O/c18-14-5-7-15(8-6-14)19-17(21)13-3-9-16(10-4-13)20-11-1-2-12-20/h3-10H,1-2,11-12H2,(H,19,21). The number of anilines is 2. The highest BCUT2D eigenvalue weighted by atomic mass is 35.5. The largest absolute Gasteiger partial charge is 0.372 e. The van der Waals surface area contributed by atoms with Crippen LogP contribution < -0.4 is 10.2 Å². The first-order valence-electron chi connectivity index (χ1n) is 7.14. The van der Waals surface area contributed by atoms with Crippen molar-refractivity contribution < 1.29 is 4.79 Å². The lowest BCUT2D eigenvalue weighted by Crippen LogP contribution is -2.18. The molecule has 0 aliphatic carbocycles. The van der Waals surface area contributed by atoms with Crippen LogP contribution in [-0.4, -0.2) is 19.0 Å². The SMILES string of the molecule is O=C(Nc1ccc(Cl)cc1)c1ccc(N2CCCC2)cc1. The molecule has 0 spiro atoms. The molecular weight excluding hydrogens is 284 g/mol. The number of hydrogen-bond donors (Lipinski definition) is 1. The second-order valence-corrected chi connectivity index (χ2v) is 5.64. The number of benzene rings is 2. The molecule has 0 unspecified atom stereocenters. The maximum absolute atomic E-state index is 12.2. The molecule has 1 aliphatic heterocycles. The lowest BCUT2D eigenvalue weighted by Gasteiger charge is -2.17. The van der Waals surface area contributed by atoms with Gasteiger partial charge in [-0.2, -0.15) is 0 Å². The third-order valence-corrected chi connectivity index (χ3v) is 3.95. The van der Waals surface area contributed by atoms with Crippen LogP contribution in [0.25, 0.3) is 0 Å². The van der Waals surface area contributed by atoms with E-state index in [9.17, 15) is 4.79 Å². The van der Waals surface area contributed by atoms with Gasteiger partial charge >= 0.3 is 0 Å². The normalized spacial score (nSPS) is 14.2. The van der Waals surface area contributed by atoms with Crippen molar-refractivity contribution in [3.05, 3.63) is 59.1 Å². The number of halogens is 1. The van der Waals surface area contributed by atoms with Crippen LogP contribution in [0.3, 0.4) is 0 Å². The predicted molar refractivity (Wildman–Crippen MR) is 87.3 cm³/mol. The molecule has 3 nitrogen and oxygen atoms in total. The molecule has 0 saturated carbocycles. The monoisotopic (exact) mass is 300 g/mol. The number of hydrogen-bond acceptors (Lipinski definition) is 2. The third kappa shape index (κ3) is 3.37. The number of carbonyl (C=O) groups is 1. The second kappa shape index (κ2) is 6.19. The van der Waals surface area contributed by atoms with Crippen molar-refractivity contribution >= 4 is 28.9 Å². The number of rotatable bonds is 3. The molecule has 1 aliphatic rings. The van der Waals surface area contributed by atoms with Gasteiger partial charge in [-0.05, 0) is 61.4 Å². The zero-order valence-corrected chi connectivity index (χ0v) is 12.4. The van der Waals surface area contributed by atoms with Gasteiger partial charge in [-0.3, -0.25) is 4.79 Å². The lowest BCUT2D eigenvalue weighted by atomic mass is 10.2. The van der Waals surface area contributed by atoms with E-state index in [1.54, 1.807) is 24.3 Å². The van der Waals surface area contributed by atoms with E-state index >= 15 is 0 Å². The van der Waals surface area contributed by atoms with Crippen LogP contribution in [0.5, 0.6) is 0 Å². The Hall–Kier alpha value is -2.00. The van der Waals surface area contributed by atoms with Gasteiger partial charge in [0.15, 0.2) is 0 Å². The van der Waals surface area contributed by atoms with Crippen molar-refractivity contribution in [1.82, 2.24) is 0 Å². The van der Waals surface area contributed by atoms with E-state index in [2.05, 4.69) is 10.2 Å². The average Bonchev–Trinajstić information content (AvgIpc) is 3.04. The van der Waals surface area contributed by atoms with E-state index in [1.807, 2.05) is 24.3 Å². The van der Waals surface area contributed by atoms with Crippen molar-refractivity contribution in [3.8, 4) is 0 Å². The minimum Gasteiger partial charge on any atom is -0.372 e. The molecule has 3 rings (SSSR count). The van der Waals surface area contributed by atoms with Gasteiger partial charge in [0, 0.05) is 35.1 Å². The molecule has 1 fully saturated rings. The topological polar surface area (TPSA) is 32.3 Å². The fourth-order valence-corrected chi connectivity index (χ4v) is 2.66. The van der Waals surface area contributed by atoms with Gasteiger partial charge < -0.3 is 10.2 Å². The first-order valence-corrected chi connectivity index (χ1v) is 7.52. The quantitative estimate of drug-likeness (QED) is 0.921. The first-order chi connectivity index (χ1) is 10.2. The number of amides is 1. The Labute approximate surface area is 129 Å². The fraction of sp³-hybridized carbons (Fsp3) is 0.235. The Balaban J connectivity index is 1.68. The van der Waals surface area contributed by atoms with E-state index in [-0.39, 0.29) is 5.91 Å². The van der Waals surface area contributed by atoms with Gasteiger partial charge in [-0.15, -0.1) is 0 Å². The second-order valence-electron chi connectivity index (χ2n) is 5.20. The molecule has 0 atom stereocenters. The van der Waals surface area contributed by atoms with Gasteiger partial charge in [0.1, 0.15) is 0 Å². The van der Waals surface area contributed by atoms with Crippen LogP contribution in [0.4, 0.5) is 11.4 Å².